The number of ether oxygens (including phenoxy) is 1. The van der Waals surface area contributed by atoms with E-state index in [1.165, 1.54) is 13.4 Å². The first-order chi connectivity index (χ1) is 9.69. The van der Waals surface area contributed by atoms with E-state index in [1.807, 2.05) is 0 Å². The van der Waals surface area contributed by atoms with Crippen LogP contribution in [-0.2, 0) is 0 Å². The van der Waals surface area contributed by atoms with Crippen LogP contribution in [0.25, 0.3) is 22.6 Å². The summed E-state index contributed by atoms with van der Waals surface area (Å²) in [6, 6.07) is 5.09. The summed E-state index contributed by atoms with van der Waals surface area (Å²) in [6.07, 6.45) is 3.05. The third-order valence-corrected chi connectivity index (χ3v) is 2.90. The number of nitrogens with one attached hydrogen (secondary N) is 1. The van der Waals surface area contributed by atoms with Crippen molar-refractivity contribution in [3.63, 3.8) is 0 Å². The van der Waals surface area contributed by atoms with E-state index in [9.17, 15) is 4.79 Å². The average molecular weight is 269 g/mol. The summed E-state index contributed by atoms with van der Waals surface area (Å²) < 4.78 is 5.10. The van der Waals surface area contributed by atoms with Gasteiger partial charge in [0.2, 0.25) is 0 Å². The maximum Gasteiger partial charge on any atom is 0.252 e. The molecule has 7 heteroatoms. The Morgan fingerprint density at radius 2 is 2.25 bits per heavy atom. The van der Waals surface area contributed by atoms with Crippen LogP contribution in [0.4, 0.5) is 0 Å². The molecule has 0 aliphatic carbocycles. The fourth-order valence-corrected chi connectivity index (χ4v) is 1.95. The Bertz CT molecular complexity index is 763. The SMILES string of the molecule is COc1ccc(-c2nc3cncnc3[nH]2)cc1C(N)=O. The van der Waals surface area contributed by atoms with Gasteiger partial charge in [-0.05, 0) is 18.2 Å². The molecule has 0 unspecified atom stereocenters. The molecule has 2 aromatic heterocycles. The van der Waals surface area contributed by atoms with Crippen molar-refractivity contribution < 1.29 is 9.53 Å². The average Bonchev–Trinajstić information content (AvgIpc) is 2.90. The second-order valence-corrected chi connectivity index (χ2v) is 4.12. The minimum Gasteiger partial charge on any atom is -0.496 e. The van der Waals surface area contributed by atoms with Crippen molar-refractivity contribution in [3.05, 3.63) is 36.3 Å². The maximum absolute atomic E-state index is 11.4. The van der Waals surface area contributed by atoms with Crippen LogP contribution in [0.2, 0.25) is 0 Å². The molecule has 2 heterocycles. The Morgan fingerprint density at radius 3 is 2.95 bits per heavy atom. The van der Waals surface area contributed by atoms with Gasteiger partial charge in [0, 0.05) is 5.56 Å². The molecular weight excluding hydrogens is 258 g/mol. The molecule has 0 spiro atoms. The summed E-state index contributed by atoms with van der Waals surface area (Å²) >= 11 is 0. The molecule has 100 valence electrons. The summed E-state index contributed by atoms with van der Waals surface area (Å²) in [5.41, 5.74) is 7.65. The van der Waals surface area contributed by atoms with Gasteiger partial charge < -0.3 is 15.5 Å². The van der Waals surface area contributed by atoms with E-state index >= 15 is 0 Å². The van der Waals surface area contributed by atoms with Crippen LogP contribution in [0.3, 0.4) is 0 Å². The van der Waals surface area contributed by atoms with Crippen molar-refractivity contribution in [2.24, 2.45) is 5.73 Å². The van der Waals surface area contributed by atoms with Gasteiger partial charge in [0.15, 0.2) is 5.65 Å². The standard InChI is InChI=1S/C13H11N5O2/c1-20-10-3-2-7(4-8(10)11(14)19)12-17-9-5-15-6-16-13(9)18-12/h2-6H,1H3,(H2,14,19)(H,15,16,17,18). The normalized spacial score (nSPS) is 10.7. The predicted octanol–water partition coefficient (Wildman–Crippen LogP) is 1.13. The second-order valence-electron chi connectivity index (χ2n) is 4.12. The smallest absolute Gasteiger partial charge is 0.252 e. The molecule has 3 rings (SSSR count). The van der Waals surface area contributed by atoms with Crippen molar-refractivity contribution in [2.75, 3.05) is 7.11 Å². The van der Waals surface area contributed by atoms with Gasteiger partial charge in [-0.15, -0.1) is 0 Å². The van der Waals surface area contributed by atoms with Crippen LogP contribution in [0.15, 0.2) is 30.7 Å². The van der Waals surface area contributed by atoms with Crippen LogP contribution >= 0.6 is 0 Å². The number of hydrogen-bond acceptors (Lipinski definition) is 5. The number of methoxy groups -OCH3 is 1. The molecule has 0 bridgehead atoms. The van der Waals surface area contributed by atoms with Crippen molar-refractivity contribution >= 4 is 17.1 Å². The highest BCUT2D eigenvalue weighted by atomic mass is 16.5. The fraction of sp³-hybridized carbons (Fsp3) is 0.0769. The molecule has 1 aromatic carbocycles. The van der Waals surface area contributed by atoms with Crippen molar-refractivity contribution in [3.8, 4) is 17.1 Å². The minimum atomic E-state index is -0.556. The van der Waals surface area contributed by atoms with Crippen LogP contribution in [-0.4, -0.2) is 33.0 Å². The number of H-pyrrole nitrogens is 1. The minimum absolute atomic E-state index is 0.302. The lowest BCUT2D eigenvalue weighted by molar-refractivity contribution is 0.0997. The topological polar surface area (TPSA) is 107 Å². The largest absolute Gasteiger partial charge is 0.496 e. The van der Waals surface area contributed by atoms with Crippen LogP contribution in [0.5, 0.6) is 5.75 Å². The number of primary amides is 1. The molecule has 0 aliphatic rings. The molecule has 0 atom stereocenters. The summed E-state index contributed by atoms with van der Waals surface area (Å²) in [5, 5.41) is 0. The van der Waals surface area contributed by atoms with E-state index in [0.29, 0.717) is 28.3 Å². The van der Waals surface area contributed by atoms with Gasteiger partial charge in [-0.3, -0.25) is 4.79 Å². The van der Waals surface area contributed by atoms with Crippen molar-refractivity contribution in [1.29, 1.82) is 0 Å². The third kappa shape index (κ3) is 1.95. The van der Waals surface area contributed by atoms with Crippen LogP contribution in [0, 0.1) is 0 Å². The van der Waals surface area contributed by atoms with E-state index < -0.39 is 5.91 Å². The molecule has 3 aromatic rings. The van der Waals surface area contributed by atoms with E-state index in [2.05, 4.69) is 19.9 Å². The predicted molar refractivity (Wildman–Crippen MR) is 72.2 cm³/mol. The number of carbonyl (C=O) groups excluding carboxylic acids is 1. The molecule has 20 heavy (non-hydrogen) atoms. The number of amides is 1. The molecule has 0 saturated heterocycles. The number of aromatic nitrogens is 4. The number of aromatic amines is 1. The van der Waals surface area contributed by atoms with Gasteiger partial charge in [-0.2, -0.15) is 0 Å². The van der Waals surface area contributed by atoms with Gasteiger partial charge >= 0.3 is 0 Å². The number of benzene rings is 1. The van der Waals surface area contributed by atoms with E-state index in [4.69, 9.17) is 10.5 Å². The summed E-state index contributed by atoms with van der Waals surface area (Å²) in [5.74, 6) is 0.461. The summed E-state index contributed by atoms with van der Waals surface area (Å²) in [7, 11) is 1.48. The van der Waals surface area contributed by atoms with Crippen molar-refractivity contribution in [2.45, 2.75) is 0 Å². The molecule has 0 aliphatic heterocycles. The molecule has 0 radical (unpaired) electrons. The van der Waals surface area contributed by atoms with E-state index in [0.717, 1.165) is 5.56 Å². The Kier molecular flexibility index (Phi) is 2.79. The highest BCUT2D eigenvalue weighted by molar-refractivity contribution is 5.97. The Balaban J connectivity index is 2.14. The van der Waals surface area contributed by atoms with Gasteiger partial charge in [0.25, 0.3) is 5.91 Å². The molecular formula is C13H11N5O2. The van der Waals surface area contributed by atoms with E-state index in [1.54, 1.807) is 24.4 Å². The zero-order chi connectivity index (χ0) is 14.1. The highest BCUT2D eigenvalue weighted by Gasteiger charge is 2.13. The first kappa shape index (κ1) is 12.1. The monoisotopic (exact) mass is 269 g/mol. The van der Waals surface area contributed by atoms with Crippen LogP contribution < -0.4 is 10.5 Å². The number of nitrogens with two attached hydrogens (primary N) is 1. The quantitative estimate of drug-likeness (QED) is 0.741. The third-order valence-electron chi connectivity index (χ3n) is 2.90. The molecule has 3 N–H and O–H groups in total. The lowest BCUT2D eigenvalue weighted by Gasteiger charge is -2.06. The number of carbonyl (C=O) groups is 1. The van der Waals surface area contributed by atoms with Gasteiger partial charge in [-0.25, -0.2) is 15.0 Å². The second kappa shape index (κ2) is 4.61. The zero-order valence-corrected chi connectivity index (χ0v) is 10.6. The Labute approximate surface area is 113 Å². The number of fused-ring (bicyclic) bond motifs is 1. The van der Waals surface area contributed by atoms with E-state index in [-0.39, 0.29) is 0 Å². The lowest BCUT2D eigenvalue weighted by atomic mass is 10.1. The highest BCUT2D eigenvalue weighted by Crippen LogP contribution is 2.25. The zero-order valence-electron chi connectivity index (χ0n) is 10.6. The van der Waals surface area contributed by atoms with Gasteiger partial charge in [-0.1, -0.05) is 0 Å². The molecule has 1 amide bonds. The first-order valence-electron chi connectivity index (χ1n) is 5.83. The molecule has 7 nitrogen and oxygen atoms in total. The molecule has 0 fully saturated rings. The number of rotatable bonds is 3. The summed E-state index contributed by atoms with van der Waals surface area (Å²) in [6.45, 7) is 0. The maximum atomic E-state index is 11.4. The molecule has 0 saturated carbocycles. The van der Waals surface area contributed by atoms with Gasteiger partial charge in [0.1, 0.15) is 23.4 Å². The number of hydrogen-bond donors (Lipinski definition) is 2. The van der Waals surface area contributed by atoms with Crippen molar-refractivity contribution in [1.82, 2.24) is 19.9 Å². The Morgan fingerprint density at radius 1 is 1.40 bits per heavy atom. The summed E-state index contributed by atoms with van der Waals surface area (Å²) in [4.78, 5) is 26.8. The first-order valence-corrected chi connectivity index (χ1v) is 5.83. The number of imidazole rings is 1. The lowest BCUT2D eigenvalue weighted by Crippen LogP contribution is -2.12. The number of nitrogens with zero attached hydrogens (tertiary/aromatic N) is 3. The fourth-order valence-electron chi connectivity index (χ4n) is 1.95. The van der Waals surface area contributed by atoms with Crippen LogP contribution in [0.1, 0.15) is 10.4 Å². The van der Waals surface area contributed by atoms with Gasteiger partial charge in [0.05, 0.1) is 18.9 Å². The Hall–Kier alpha value is -2.96.